The van der Waals surface area contributed by atoms with Crippen molar-refractivity contribution in [2.75, 3.05) is 11.9 Å². The van der Waals surface area contributed by atoms with Crippen molar-refractivity contribution >= 4 is 17.4 Å². The summed E-state index contributed by atoms with van der Waals surface area (Å²) in [6.07, 6.45) is 0.882. The van der Waals surface area contributed by atoms with E-state index in [4.69, 9.17) is 11.6 Å². The van der Waals surface area contributed by atoms with Gasteiger partial charge in [0.15, 0.2) is 5.82 Å². The van der Waals surface area contributed by atoms with Crippen molar-refractivity contribution in [2.24, 2.45) is 0 Å². The summed E-state index contributed by atoms with van der Waals surface area (Å²) in [4.78, 5) is 9.10. The van der Waals surface area contributed by atoms with E-state index in [2.05, 4.69) is 29.1 Å². The van der Waals surface area contributed by atoms with Crippen LogP contribution in [-0.2, 0) is 6.42 Å². The highest BCUT2D eigenvalue weighted by atomic mass is 35.5. The van der Waals surface area contributed by atoms with E-state index in [-0.39, 0.29) is 0 Å². The van der Waals surface area contributed by atoms with E-state index in [1.165, 1.54) is 0 Å². The van der Waals surface area contributed by atoms with Crippen molar-refractivity contribution in [1.29, 1.82) is 0 Å². The van der Waals surface area contributed by atoms with E-state index in [0.29, 0.717) is 0 Å². The molecule has 19 heavy (non-hydrogen) atoms. The first-order valence-electron chi connectivity index (χ1n) is 6.52. The molecule has 0 aliphatic heterocycles. The van der Waals surface area contributed by atoms with Gasteiger partial charge >= 0.3 is 0 Å². The van der Waals surface area contributed by atoms with E-state index in [9.17, 15) is 0 Å². The maximum absolute atomic E-state index is 6.17. The van der Waals surface area contributed by atoms with Crippen LogP contribution >= 0.6 is 11.6 Å². The standard InChI is InChI=1S/C15H18ClN3/c1-4-12-9-14(17-5-2)19-15(18-12)11-7-6-10(3)13(16)8-11/h6-9H,4-5H2,1-3H3,(H,17,18,19). The molecule has 0 atom stereocenters. The Morgan fingerprint density at radius 1 is 1.16 bits per heavy atom. The summed E-state index contributed by atoms with van der Waals surface area (Å²) in [5.74, 6) is 1.58. The zero-order valence-electron chi connectivity index (χ0n) is 11.5. The SMILES string of the molecule is CCNc1cc(CC)nc(-c2ccc(C)c(Cl)c2)n1. The minimum Gasteiger partial charge on any atom is -0.370 e. The van der Waals surface area contributed by atoms with E-state index in [1.54, 1.807) is 0 Å². The number of nitrogens with zero attached hydrogens (tertiary/aromatic N) is 2. The van der Waals surface area contributed by atoms with Gasteiger partial charge in [-0.2, -0.15) is 0 Å². The van der Waals surface area contributed by atoms with Crippen molar-refractivity contribution in [3.63, 3.8) is 0 Å². The van der Waals surface area contributed by atoms with Gasteiger partial charge in [-0.3, -0.25) is 0 Å². The number of nitrogens with one attached hydrogen (secondary N) is 1. The molecule has 0 radical (unpaired) electrons. The number of halogens is 1. The Morgan fingerprint density at radius 2 is 1.95 bits per heavy atom. The number of aryl methyl sites for hydroxylation is 2. The molecule has 100 valence electrons. The Labute approximate surface area is 119 Å². The topological polar surface area (TPSA) is 37.8 Å². The summed E-state index contributed by atoms with van der Waals surface area (Å²) in [6.45, 7) is 6.97. The Hall–Kier alpha value is -1.61. The van der Waals surface area contributed by atoms with Gasteiger partial charge in [0.25, 0.3) is 0 Å². The summed E-state index contributed by atoms with van der Waals surface area (Å²) in [5, 5.41) is 3.98. The van der Waals surface area contributed by atoms with Crippen LogP contribution in [0.25, 0.3) is 11.4 Å². The third-order valence-electron chi connectivity index (χ3n) is 2.93. The van der Waals surface area contributed by atoms with Crippen LogP contribution in [0.4, 0.5) is 5.82 Å². The lowest BCUT2D eigenvalue weighted by molar-refractivity contribution is 0.998. The number of benzene rings is 1. The molecule has 1 aromatic carbocycles. The molecule has 1 heterocycles. The number of hydrogen-bond donors (Lipinski definition) is 1. The molecule has 0 unspecified atom stereocenters. The lowest BCUT2D eigenvalue weighted by Gasteiger charge is -2.09. The molecule has 3 nitrogen and oxygen atoms in total. The molecule has 4 heteroatoms. The molecule has 0 amide bonds. The summed E-state index contributed by atoms with van der Waals surface area (Å²) in [7, 11) is 0. The fraction of sp³-hybridized carbons (Fsp3) is 0.333. The molecular formula is C15H18ClN3. The average Bonchev–Trinajstić information content (AvgIpc) is 2.42. The Balaban J connectivity index is 2.47. The Morgan fingerprint density at radius 3 is 2.58 bits per heavy atom. The first-order chi connectivity index (χ1) is 9.13. The molecule has 2 rings (SSSR count). The maximum Gasteiger partial charge on any atom is 0.161 e. The first kappa shape index (κ1) is 13.8. The van der Waals surface area contributed by atoms with E-state index >= 15 is 0 Å². The van der Waals surface area contributed by atoms with Crippen LogP contribution < -0.4 is 5.32 Å². The minimum atomic E-state index is 0.720. The second-order valence-electron chi connectivity index (χ2n) is 4.42. The van der Waals surface area contributed by atoms with Crippen molar-refractivity contribution in [1.82, 2.24) is 9.97 Å². The quantitative estimate of drug-likeness (QED) is 0.913. The third-order valence-corrected chi connectivity index (χ3v) is 3.34. The van der Waals surface area contributed by atoms with Crippen molar-refractivity contribution < 1.29 is 0 Å². The molecular weight excluding hydrogens is 258 g/mol. The van der Waals surface area contributed by atoms with Crippen LogP contribution in [0.3, 0.4) is 0 Å². The van der Waals surface area contributed by atoms with Crippen LogP contribution in [-0.4, -0.2) is 16.5 Å². The predicted molar refractivity (Wildman–Crippen MR) is 80.8 cm³/mol. The van der Waals surface area contributed by atoms with Crippen LogP contribution in [0.1, 0.15) is 25.1 Å². The van der Waals surface area contributed by atoms with Crippen molar-refractivity contribution in [3.8, 4) is 11.4 Å². The fourth-order valence-corrected chi connectivity index (χ4v) is 1.99. The number of anilines is 1. The summed E-state index contributed by atoms with van der Waals surface area (Å²) in [5.41, 5.74) is 3.03. The lowest BCUT2D eigenvalue weighted by Crippen LogP contribution is -2.03. The van der Waals surface area contributed by atoms with E-state index in [1.807, 2.05) is 31.2 Å². The van der Waals surface area contributed by atoms with E-state index < -0.39 is 0 Å². The predicted octanol–water partition coefficient (Wildman–Crippen LogP) is 4.10. The lowest BCUT2D eigenvalue weighted by atomic mass is 10.1. The zero-order chi connectivity index (χ0) is 13.8. The molecule has 1 N–H and O–H groups in total. The maximum atomic E-state index is 6.17. The molecule has 0 saturated carbocycles. The van der Waals surface area contributed by atoms with Gasteiger partial charge in [-0.1, -0.05) is 30.7 Å². The summed E-state index contributed by atoms with van der Waals surface area (Å²) >= 11 is 6.17. The van der Waals surface area contributed by atoms with Gasteiger partial charge in [-0.05, 0) is 31.9 Å². The van der Waals surface area contributed by atoms with Gasteiger partial charge < -0.3 is 5.32 Å². The Bertz CT molecular complexity index is 582. The smallest absolute Gasteiger partial charge is 0.161 e. The molecule has 0 aliphatic carbocycles. The molecule has 0 spiro atoms. The first-order valence-corrected chi connectivity index (χ1v) is 6.90. The second-order valence-corrected chi connectivity index (χ2v) is 4.82. The van der Waals surface area contributed by atoms with Crippen LogP contribution in [0.15, 0.2) is 24.3 Å². The van der Waals surface area contributed by atoms with Gasteiger partial charge in [0.2, 0.25) is 0 Å². The molecule has 0 saturated heterocycles. The van der Waals surface area contributed by atoms with Gasteiger partial charge in [-0.25, -0.2) is 9.97 Å². The van der Waals surface area contributed by atoms with Crippen LogP contribution in [0, 0.1) is 6.92 Å². The number of hydrogen-bond acceptors (Lipinski definition) is 3. The number of rotatable bonds is 4. The second kappa shape index (κ2) is 6.02. The minimum absolute atomic E-state index is 0.720. The normalized spacial score (nSPS) is 10.5. The molecule has 1 aromatic heterocycles. The average molecular weight is 276 g/mol. The van der Waals surface area contributed by atoms with Gasteiger partial charge in [-0.15, -0.1) is 0 Å². The Kier molecular flexibility index (Phi) is 4.38. The van der Waals surface area contributed by atoms with Crippen LogP contribution in [0.2, 0.25) is 5.02 Å². The van der Waals surface area contributed by atoms with Crippen molar-refractivity contribution in [2.45, 2.75) is 27.2 Å². The van der Waals surface area contributed by atoms with Gasteiger partial charge in [0.1, 0.15) is 5.82 Å². The zero-order valence-corrected chi connectivity index (χ0v) is 12.3. The monoisotopic (exact) mass is 275 g/mol. The highest BCUT2D eigenvalue weighted by Gasteiger charge is 2.07. The highest BCUT2D eigenvalue weighted by molar-refractivity contribution is 6.31. The molecule has 0 aliphatic rings. The summed E-state index contributed by atoms with van der Waals surface area (Å²) in [6, 6.07) is 7.91. The van der Waals surface area contributed by atoms with E-state index in [0.717, 1.165) is 46.5 Å². The number of aromatic nitrogens is 2. The fourth-order valence-electron chi connectivity index (χ4n) is 1.81. The summed E-state index contributed by atoms with van der Waals surface area (Å²) < 4.78 is 0. The molecule has 0 fully saturated rings. The highest BCUT2D eigenvalue weighted by Crippen LogP contribution is 2.24. The van der Waals surface area contributed by atoms with Gasteiger partial charge in [0, 0.05) is 28.9 Å². The van der Waals surface area contributed by atoms with Gasteiger partial charge in [0.05, 0.1) is 0 Å². The largest absolute Gasteiger partial charge is 0.370 e. The molecule has 2 aromatic rings. The third kappa shape index (κ3) is 3.24. The van der Waals surface area contributed by atoms with Crippen LogP contribution in [0.5, 0.6) is 0 Å². The van der Waals surface area contributed by atoms with Crippen molar-refractivity contribution in [3.05, 3.63) is 40.5 Å². The molecule has 0 bridgehead atoms.